The van der Waals surface area contributed by atoms with E-state index in [-0.39, 0.29) is 6.04 Å². The lowest BCUT2D eigenvalue weighted by Gasteiger charge is -2.29. The Balaban J connectivity index is 1.68. The molecule has 0 bridgehead atoms. The van der Waals surface area contributed by atoms with Gasteiger partial charge in [-0.2, -0.15) is 0 Å². The summed E-state index contributed by atoms with van der Waals surface area (Å²) in [5.41, 5.74) is 2.10. The molecule has 1 saturated heterocycles. The van der Waals surface area contributed by atoms with Crippen LogP contribution in [0.1, 0.15) is 24.4 Å². The van der Waals surface area contributed by atoms with Gasteiger partial charge in [-0.25, -0.2) is 0 Å². The van der Waals surface area contributed by atoms with Crippen LogP contribution in [-0.2, 0) is 0 Å². The van der Waals surface area contributed by atoms with Crippen molar-refractivity contribution < 1.29 is 9.47 Å². The van der Waals surface area contributed by atoms with Gasteiger partial charge in [0.15, 0.2) is 5.11 Å². The Morgan fingerprint density at radius 1 is 1.07 bits per heavy atom. The van der Waals surface area contributed by atoms with Crippen molar-refractivity contribution in [1.82, 2.24) is 10.2 Å². The van der Waals surface area contributed by atoms with E-state index in [1.807, 2.05) is 36.4 Å². The van der Waals surface area contributed by atoms with Crippen LogP contribution in [0.2, 0.25) is 0 Å². The molecule has 1 heterocycles. The van der Waals surface area contributed by atoms with Gasteiger partial charge in [-0.1, -0.05) is 24.3 Å². The maximum atomic E-state index is 5.60. The predicted octanol–water partition coefficient (Wildman–Crippen LogP) is 3.83. The summed E-state index contributed by atoms with van der Waals surface area (Å²) < 4.78 is 10.9. The highest BCUT2D eigenvalue weighted by Crippen LogP contribution is 2.31. The van der Waals surface area contributed by atoms with Gasteiger partial charge >= 0.3 is 0 Å². The smallest absolute Gasteiger partial charge is 0.170 e. The topological polar surface area (TPSA) is 45.8 Å². The van der Waals surface area contributed by atoms with Crippen LogP contribution in [0.3, 0.4) is 0 Å². The van der Waals surface area contributed by atoms with E-state index in [1.54, 1.807) is 14.2 Å². The first-order chi connectivity index (χ1) is 13.2. The standard InChI is InChI=1S/C21H27N3O2S/c1-25-17-9-7-8-16(14-17)23-21(27)22-15-19(24-12-5-6-13-24)18-10-3-4-11-20(18)26-2/h3-4,7-11,14,19H,5-6,12-13,15H2,1-2H3,(H2,22,23,27). The number of methoxy groups -OCH3 is 2. The zero-order valence-corrected chi connectivity index (χ0v) is 16.7. The highest BCUT2D eigenvalue weighted by molar-refractivity contribution is 7.80. The van der Waals surface area contributed by atoms with Crippen molar-refractivity contribution in [3.63, 3.8) is 0 Å². The third-order valence-corrected chi connectivity index (χ3v) is 5.11. The van der Waals surface area contributed by atoms with Gasteiger partial charge < -0.3 is 20.1 Å². The molecule has 5 nitrogen and oxygen atoms in total. The Labute approximate surface area is 166 Å². The normalized spacial score (nSPS) is 15.2. The fourth-order valence-electron chi connectivity index (χ4n) is 3.50. The molecule has 144 valence electrons. The zero-order valence-electron chi connectivity index (χ0n) is 15.9. The van der Waals surface area contributed by atoms with Crippen molar-refractivity contribution in [3.05, 3.63) is 54.1 Å². The number of anilines is 1. The highest BCUT2D eigenvalue weighted by atomic mass is 32.1. The molecule has 3 rings (SSSR count). The molecule has 1 fully saturated rings. The van der Waals surface area contributed by atoms with E-state index < -0.39 is 0 Å². The first-order valence-electron chi connectivity index (χ1n) is 9.27. The number of nitrogens with one attached hydrogen (secondary N) is 2. The number of likely N-dealkylation sites (tertiary alicyclic amines) is 1. The summed E-state index contributed by atoms with van der Waals surface area (Å²) in [6, 6.07) is 16.2. The number of rotatable bonds is 7. The summed E-state index contributed by atoms with van der Waals surface area (Å²) >= 11 is 5.51. The zero-order chi connectivity index (χ0) is 19.1. The number of hydrogen-bond donors (Lipinski definition) is 2. The van der Waals surface area contributed by atoms with Crippen molar-refractivity contribution in [3.8, 4) is 11.5 Å². The largest absolute Gasteiger partial charge is 0.497 e. The monoisotopic (exact) mass is 385 g/mol. The minimum absolute atomic E-state index is 0.216. The minimum Gasteiger partial charge on any atom is -0.497 e. The summed E-state index contributed by atoms with van der Waals surface area (Å²) in [5.74, 6) is 1.72. The van der Waals surface area contributed by atoms with Gasteiger partial charge in [0.1, 0.15) is 11.5 Å². The van der Waals surface area contributed by atoms with Crippen molar-refractivity contribution >= 4 is 23.0 Å². The van der Waals surface area contributed by atoms with Crippen molar-refractivity contribution in [2.45, 2.75) is 18.9 Å². The van der Waals surface area contributed by atoms with E-state index in [1.165, 1.54) is 18.4 Å². The molecule has 0 spiro atoms. The molecule has 6 heteroatoms. The third-order valence-electron chi connectivity index (χ3n) is 4.86. The molecule has 2 aromatic carbocycles. The molecule has 0 radical (unpaired) electrons. The van der Waals surface area contributed by atoms with Gasteiger partial charge in [0.25, 0.3) is 0 Å². The molecule has 1 aliphatic heterocycles. The lowest BCUT2D eigenvalue weighted by Crippen LogP contribution is -2.38. The molecular formula is C21H27N3O2S. The van der Waals surface area contributed by atoms with Crippen LogP contribution in [0.5, 0.6) is 11.5 Å². The first kappa shape index (κ1) is 19.5. The minimum atomic E-state index is 0.216. The van der Waals surface area contributed by atoms with E-state index in [0.717, 1.165) is 36.8 Å². The highest BCUT2D eigenvalue weighted by Gasteiger charge is 2.25. The summed E-state index contributed by atoms with van der Waals surface area (Å²) in [6.07, 6.45) is 2.47. The van der Waals surface area contributed by atoms with E-state index in [0.29, 0.717) is 5.11 Å². The van der Waals surface area contributed by atoms with Gasteiger partial charge in [0.2, 0.25) is 0 Å². The molecule has 1 aliphatic rings. The predicted molar refractivity (Wildman–Crippen MR) is 114 cm³/mol. The number of hydrogen-bond acceptors (Lipinski definition) is 4. The molecule has 0 saturated carbocycles. The Hall–Kier alpha value is -2.31. The summed E-state index contributed by atoms with van der Waals surface area (Å²) in [5, 5.41) is 7.21. The molecule has 27 heavy (non-hydrogen) atoms. The number of nitrogens with zero attached hydrogens (tertiary/aromatic N) is 1. The molecular weight excluding hydrogens is 358 g/mol. The second-order valence-corrected chi connectivity index (χ2v) is 6.98. The van der Waals surface area contributed by atoms with Crippen molar-refractivity contribution in [1.29, 1.82) is 0 Å². The Kier molecular flexibility index (Phi) is 6.90. The quantitative estimate of drug-likeness (QED) is 0.707. The average Bonchev–Trinajstić information content (AvgIpc) is 3.23. The lowest BCUT2D eigenvalue weighted by molar-refractivity contribution is 0.240. The first-order valence-corrected chi connectivity index (χ1v) is 9.68. The molecule has 0 aliphatic carbocycles. The summed E-state index contributed by atoms with van der Waals surface area (Å²) in [4.78, 5) is 2.50. The maximum Gasteiger partial charge on any atom is 0.170 e. The Morgan fingerprint density at radius 2 is 1.85 bits per heavy atom. The SMILES string of the molecule is COc1cccc(NC(=S)NCC(c2ccccc2OC)N2CCCC2)c1. The molecule has 2 N–H and O–H groups in total. The van der Waals surface area contributed by atoms with Crippen LogP contribution in [0.25, 0.3) is 0 Å². The van der Waals surface area contributed by atoms with Crippen LogP contribution in [-0.4, -0.2) is 43.9 Å². The second-order valence-electron chi connectivity index (χ2n) is 6.57. The van der Waals surface area contributed by atoms with E-state index in [2.05, 4.69) is 27.7 Å². The average molecular weight is 386 g/mol. The van der Waals surface area contributed by atoms with Gasteiger partial charge in [-0.3, -0.25) is 4.90 Å². The van der Waals surface area contributed by atoms with Gasteiger partial charge in [-0.05, 0) is 56.3 Å². The van der Waals surface area contributed by atoms with Crippen molar-refractivity contribution in [2.24, 2.45) is 0 Å². The van der Waals surface area contributed by atoms with Crippen LogP contribution in [0.15, 0.2) is 48.5 Å². The fourth-order valence-corrected chi connectivity index (χ4v) is 3.70. The second kappa shape index (κ2) is 9.58. The van der Waals surface area contributed by atoms with Crippen LogP contribution in [0, 0.1) is 0 Å². The van der Waals surface area contributed by atoms with Crippen LogP contribution < -0.4 is 20.1 Å². The van der Waals surface area contributed by atoms with Gasteiger partial charge in [0, 0.05) is 23.9 Å². The van der Waals surface area contributed by atoms with E-state index in [4.69, 9.17) is 21.7 Å². The summed E-state index contributed by atoms with van der Waals surface area (Å²) in [6.45, 7) is 2.91. The van der Waals surface area contributed by atoms with Crippen LogP contribution >= 0.6 is 12.2 Å². The lowest BCUT2D eigenvalue weighted by atomic mass is 10.0. The molecule has 2 aromatic rings. The molecule has 0 aromatic heterocycles. The van der Waals surface area contributed by atoms with Crippen LogP contribution in [0.4, 0.5) is 5.69 Å². The molecule has 0 amide bonds. The third kappa shape index (κ3) is 5.11. The number of thiocarbonyl (C=S) groups is 1. The van der Waals surface area contributed by atoms with Gasteiger partial charge in [-0.15, -0.1) is 0 Å². The van der Waals surface area contributed by atoms with Gasteiger partial charge in [0.05, 0.1) is 20.3 Å². The fraction of sp³-hybridized carbons (Fsp3) is 0.381. The molecule has 1 unspecified atom stereocenters. The Bertz CT molecular complexity index is 763. The number of ether oxygens (including phenoxy) is 2. The van der Waals surface area contributed by atoms with E-state index in [9.17, 15) is 0 Å². The number of benzene rings is 2. The van der Waals surface area contributed by atoms with Crippen molar-refractivity contribution in [2.75, 3.05) is 39.2 Å². The number of para-hydroxylation sites is 1. The maximum absolute atomic E-state index is 5.60. The molecule has 1 atom stereocenters. The summed E-state index contributed by atoms with van der Waals surface area (Å²) in [7, 11) is 3.38. The Morgan fingerprint density at radius 3 is 2.59 bits per heavy atom. The van der Waals surface area contributed by atoms with E-state index >= 15 is 0 Å².